The van der Waals surface area contributed by atoms with E-state index in [0.29, 0.717) is 17.5 Å². The van der Waals surface area contributed by atoms with Crippen LogP contribution in [0.25, 0.3) is 5.69 Å². The summed E-state index contributed by atoms with van der Waals surface area (Å²) in [6, 6.07) is 17.3. The summed E-state index contributed by atoms with van der Waals surface area (Å²) in [5.41, 5.74) is 3.09. The van der Waals surface area contributed by atoms with Crippen molar-refractivity contribution in [1.29, 1.82) is 0 Å². The number of aryl methyl sites for hydroxylation is 1. The fraction of sp³-hybridized carbons (Fsp3) is 0.292. The van der Waals surface area contributed by atoms with Gasteiger partial charge in [0.25, 0.3) is 0 Å². The molecule has 2 aliphatic heterocycles. The van der Waals surface area contributed by atoms with Crippen molar-refractivity contribution in [1.82, 2.24) is 9.78 Å². The molecule has 0 bridgehead atoms. The number of hydrogen-bond acceptors (Lipinski definition) is 4. The van der Waals surface area contributed by atoms with Crippen LogP contribution in [-0.2, 0) is 6.42 Å². The van der Waals surface area contributed by atoms with Crippen LogP contribution in [0.2, 0.25) is 0 Å². The molecule has 1 atom stereocenters. The summed E-state index contributed by atoms with van der Waals surface area (Å²) in [6.07, 6.45) is 2.26. The predicted octanol–water partition coefficient (Wildman–Crippen LogP) is 3.77. The molecule has 1 aromatic heterocycles. The largest absolute Gasteiger partial charge is 0.352 e. The molecule has 144 valence electrons. The van der Waals surface area contributed by atoms with Crippen LogP contribution in [0, 0.1) is 12.3 Å². The maximum Gasteiger partial charge on any atom is 0.179 e. The third-order valence-corrected chi connectivity index (χ3v) is 6.93. The van der Waals surface area contributed by atoms with Crippen LogP contribution in [0.1, 0.15) is 44.8 Å². The van der Waals surface area contributed by atoms with Gasteiger partial charge in [-0.1, -0.05) is 42.5 Å². The lowest BCUT2D eigenvalue weighted by atomic mass is 9.68. The maximum absolute atomic E-state index is 13.6. The Kier molecular flexibility index (Phi) is 3.26. The Morgan fingerprint density at radius 2 is 1.62 bits per heavy atom. The molecule has 6 rings (SSSR count). The Morgan fingerprint density at radius 3 is 2.31 bits per heavy atom. The molecule has 0 radical (unpaired) electrons. The monoisotopic (exact) mass is 383 g/mol. The molecule has 1 saturated heterocycles. The highest BCUT2D eigenvalue weighted by molar-refractivity contribution is 6.30. The second-order valence-electron chi connectivity index (χ2n) is 8.34. The van der Waals surface area contributed by atoms with Crippen molar-refractivity contribution in [3.8, 4) is 5.69 Å². The molecule has 3 aromatic rings. The van der Waals surface area contributed by atoms with E-state index in [1.807, 2.05) is 54.1 Å². The molecule has 1 spiro atoms. The number of carbonyl (C=O) groups excluding carboxylic acids is 2. The van der Waals surface area contributed by atoms with E-state index in [4.69, 9.17) is 5.10 Å². The Morgan fingerprint density at radius 1 is 0.966 bits per heavy atom. The first-order valence-electron chi connectivity index (χ1n) is 10.2. The lowest BCUT2D eigenvalue weighted by Crippen LogP contribution is -2.56. The zero-order valence-corrected chi connectivity index (χ0v) is 16.3. The van der Waals surface area contributed by atoms with Crippen LogP contribution in [0.15, 0.2) is 54.6 Å². The maximum atomic E-state index is 13.6. The normalized spacial score (nSPS) is 21.4. The average Bonchev–Trinajstić information content (AvgIpc) is 3.42. The lowest BCUT2D eigenvalue weighted by molar-refractivity contribution is 0.0643. The van der Waals surface area contributed by atoms with Crippen LogP contribution in [-0.4, -0.2) is 33.9 Å². The molecular formula is C24H21N3O2. The quantitative estimate of drug-likeness (QED) is 0.600. The van der Waals surface area contributed by atoms with Crippen molar-refractivity contribution in [3.63, 3.8) is 0 Å². The van der Waals surface area contributed by atoms with E-state index in [2.05, 4.69) is 4.90 Å². The lowest BCUT2D eigenvalue weighted by Gasteiger charge is -2.43. The number of ketones is 2. The Bertz CT molecular complexity index is 1140. The van der Waals surface area contributed by atoms with E-state index >= 15 is 0 Å². The molecule has 2 aromatic carbocycles. The van der Waals surface area contributed by atoms with Crippen molar-refractivity contribution >= 4 is 17.4 Å². The molecule has 0 saturated carbocycles. The summed E-state index contributed by atoms with van der Waals surface area (Å²) >= 11 is 0. The molecule has 0 N–H and O–H groups in total. The minimum atomic E-state index is -1.01. The van der Waals surface area contributed by atoms with Crippen LogP contribution in [0.4, 0.5) is 5.82 Å². The minimum Gasteiger partial charge on any atom is -0.352 e. The molecular weight excluding hydrogens is 362 g/mol. The summed E-state index contributed by atoms with van der Waals surface area (Å²) in [7, 11) is 0. The number of anilines is 1. The topological polar surface area (TPSA) is 55.2 Å². The predicted molar refractivity (Wildman–Crippen MR) is 110 cm³/mol. The minimum absolute atomic E-state index is 0.00693. The summed E-state index contributed by atoms with van der Waals surface area (Å²) in [6.45, 7) is 2.83. The van der Waals surface area contributed by atoms with E-state index < -0.39 is 5.41 Å². The highest BCUT2D eigenvalue weighted by Gasteiger charge is 2.62. The number of para-hydroxylation sites is 1. The standard InChI is InChI=1S/C24H21N3O2/c1-15-19-14-24(21(28)17-10-5-6-11-18(17)22(24)29)20-12-7-13-26(20)23(19)27(25-15)16-8-3-2-4-9-16/h2-6,8-11,20H,7,12-14H2,1H3/t20-/m1/s1. The van der Waals surface area contributed by atoms with Gasteiger partial charge in [0.2, 0.25) is 0 Å². The third-order valence-electron chi connectivity index (χ3n) is 6.93. The second kappa shape index (κ2) is 5.66. The van der Waals surface area contributed by atoms with E-state index in [-0.39, 0.29) is 17.6 Å². The fourth-order valence-electron chi connectivity index (χ4n) is 5.65. The van der Waals surface area contributed by atoms with Crippen molar-refractivity contribution < 1.29 is 9.59 Å². The number of nitrogens with zero attached hydrogens (tertiary/aromatic N) is 3. The number of rotatable bonds is 1. The molecule has 29 heavy (non-hydrogen) atoms. The molecule has 3 aliphatic rings. The Hall–Kier alpha value is -3.21. The van der Waals surface area contributed by atoms with Crippen LogP contribution in [0.3, 0.4) is 0 Å². The van der Waals surface area contributed by atoms with Gasteiger partial charge < -0.3 is 4.90 Å². The molecule has 5 nitrogen and oxygen atoms in total. The van der Waals surface area contributed by atoms with Gasteiger partial charge in [-0.05, 0) is 31.9 Å². The number of Topliss-reactive ketones (excluding diaryl/α,β-unsaturated/α-hetero) is 2. The second-order valence-corrected chi connectivity index (χ2v) is 8.34. The summed E-state index contributed by atoms with van der Waals surface area (Å²) in [5.74, 6) is 1.04. The van der Waals surface area contributed by atoms with Gasteiger partial charge in [0, 0.05) is 29.7 Å². The van der Waals surface area contributed by atoms with Crippen molar-refractivity contribution in [2.75, 3.05) is 11.4 Å². The molecule has 5 heteroatoms. The third kappa shape index (κ3) is 1.97. The van der Waals surface area contributed by atoms with Crippen molar-refractivity contribution in [3.05, 3.63) is 77.0 Å². The van der Waals surface area contributed by atoms with Gasteiger partial charge in [0.05, 0.1) is 17.4 Å². The van der Waals surface area contributed by atoms with Gasteiger partial charge in [-0.3, -0.25) is 9.59 Å². The van der Waals surface area contributed by atoms with E-state index in [0.717, 1.165) is 42.1 Å². The zero-order valence-electron chi connectivity index (χ0n) is 16.3. The van der Waals surface area contributed by atoms with Crippen molar-refractivity contribution in [2.24, 2.45) is 5.41 Å². The highest BCUT2D eigenvalue weighted by Crippen LogP contribution is 2.53. The number of aromatic nitrogens is 2. The van der Waals surface area contributed by atoms with Crippen LogP contribution < -0.4 is 4.90 Å². The highest BCUT2D eigenvalue weighted by atomic mass is 16.2. The van der Waals surface area contributed by atoms with E-state index in [1.165, 1.54) is 0 Å². The first-order chi connectivity index (χ1) is 14.1. The van der Waals surface area contributed by atoms with Gasteiger partial charge in [-0.25, -0.2) is 4.68 Å². The molecule has 3 heterocycles. The first kappa shape index (κ1) is 16.7. The van der Waals surface area contributed by atoms with Gasteiger partial charge in [-0.2, -0.15) is 5.10 Å². The van der Waals surface area contributed by atoms with E-state index in [1.54, 1.807) is 12.1 Å². The smallest absolute Gasteiger partial charge is 0.179 e. The Labute approximate surface area is 169 Å². The van der Waals surface area contributed by atoms with Gasteiger partial charge >= 0.3 is 0 Å². The fourth-order valence-corrected chi connectivity index (χ4v) is 5.65. The molecule has 1 fully saturated rings. The average molecular weight is 383 g/mol. The number of hydrogen-bond donors (Lipinski definition) is 0. The number of carbonyl (C=O) groups is 2. The van der Waals surface area contributed by atoms with E-state index in [9.17, 15) is 9.59 Å². The van der Waals surface area contributed by atoms with Gasteiger partial charge in [-0.15, -0.1) is 0 Å². The number of fused-ring (bicyclic) bond motifs is 5. The molecule has 0 unspecified atom stereocenters. The number of benzene rings is 2. The molecule has 1 aliphatic carbocycles. The SMILES string of the molecule is Cc1nn(-c2ccccc2)c2c1CC1(C(=O)c3ccccc3C1=O)[C@H]1CCCN21. The Balaban J connectivity index is 1.58. The molecule has 0 amide bonds. The summed E-state index contributed by atoms with van der Waals surface area (Å²) in [5, 5.41) is 4.83. The zero-order chi connectivity index (χ0) is 19.8. The summed E-state index contributed by atoms with van der Waals surface area (Å²) in [4.78, 5) is 29.6. The summed E-state index contributed by atoms with van der Waals surface area (Å²) < 4.78 is 1.99. The van der Waals surface area contributed by atoms with Crippen molar-refractivity contribution in [2.45, 2.75) is 32.2 Å². The van der Waals surface area contributed by atoms with Gasteiger partial charge in [0.1, 0.15) is 11.2 Å². The van der Waals surface area contributed by atoms with Crippen LogP contribution >= 0.6 is 0 Å². The van der Waals surface area contributed by atoms with Gasteiger partial charge in [0.15, 0.2) is 11.6 Å². The van der Waals surface area contributed by atoms with Crippen LogP contribution in [0.5, 0.6) is 0 Å². The first-order valence-corrected chi connectivity index (χ1v) is 10.2.